The second-order valence-electron chi connectivity index (χ2n) is 9.30. The third-order valence-corrected chi connectivity index (χ3v) is 4.88. The predicted molar refractivity (Wildman–Crippen MR) is 124 cm³/mol. The van der Waals surface area contributed by atoms with Crippen molar-refractivity contribution in [2.45, 2.75) is 59.6 Å². The number of pyridine rings is 1. The van der Waals surface area contributed by atoms with Crippen molar-refractivity contribution in [1.29, 1.82) is 0 Å². The Morgan fingerprint density at radius 2 is 1.73 bits per heavy atom. The normalized spacial score (nSPS) is 12.8. The number of aromatic nitrogens is 1. The molecule has 0 aliphatic heterocycles. The van der Waals surface area contributed by atoms with Crippen molar-refractivity contribution in [2.75, 3.05) is 5.32 Å². The minimum Gasteiger partial charge on any atom is -0.456 e. The summed E-state index contributed by atoms with van der Waals surface area (Å²) in [6.45, 7) is 12.1. The fraction of sp³-hybridized carbons (Fsp3) is 0.385. The predicted octanol–water partition coefficient (Wildman–Crippen LogP) is 6.70. The SMILES string of the molecule is Cc1cc2ccccc2nc1NC(CC(C)C)c1ccc(C(=O)OC(C)(C)C)cc1. The Morgan fingerprint density at radius 3 is 2.37 bits per heavy atom. The van der Waals surface area contributed by atoms with Crippen LogP contribution in [0.25, 0.3) is 10.9 Å². The van der Waals surface area contributed by atoms with Gasteiger partial charge in [-0.15, -0.1) is 0 Å². The molecule has 0 aliphatic rings. The number of esters is 1. The highest BCUT2D eigenvalue weighted by molar-refractivity contribution is 5.89. The number of fused-ring (bicyclic) bond motifs is 1. The van der Waals surface area contributed by atoms with E-state index in [1.54, 1.807) is 0 Å². The van der Waals surface area contributed by atoms with Gasteiger partial charge in [0, 0.05) is 5.39 Å². The molecule has 0 fully saturated rings. The monoisotopic (exact) mass is 404 g/mol. The van der Waals surface area contributed by atoms with E-state index in [4.69, 9.17) is 9.72 Å². The number of anilines is 1. The smallest absolute Gasteiger partial charge is 0.338 e. The minimum atomic E-state index is -0.503. The lowest BCUT2D eigenvalue weighted by atomic mass is 9.96. The van der Waals surface area contributed by atoms with E-state index < -0.39 is 5.60 Å². The molecular formula is C26H32N2O2. The van der Waals surface area contributed by atoms with Gasteiger partial charge in [0.1, 0.15) is 11.4 Å². The van der Waals surface area contributed by atoms with E-state index in [0.717, 1.165) is 34.3 Å². The maximum atomic E-state index is 12.3. The van der Waals surface area contributed by atoms with Gasteiger partial charge in [-0.25, -0.2) is 9.78 Å². The van der Waals surface area contributed by atoms with Gasteiger partial charge in [0.05, 0.1) is 17.1 Å². The molecule has 0 amide bonds. The van der Waals surface area contributed by atoms with Gasteiger partial charge in [0.25, 0.3) is 0 Å². The lowest BCUT2D eigenvalue weighted by Gasteiger charge is -2.23. The Bertz CT molecular complexity index is 1020. The first-order valence-electron chi connectivity index (χ1n) is 10.6. The van der Waals surface area contributed by atoms with Crippen LogP contribution in [0.5, 0.6) is 0 Å². The molecule has 2 aromatic carbocycles. The summed E-state index contributed by atoms with van der Waals surface area (Å²) >= 11 is 0. The Hall–Kier alpha value is -2.88. The van der Waals surface area contributed by atoms with Crippen molar-refractivity contribution in [3.05, 3.63) is 71.3 Å². The zero-order valence-electron chi connectivity index (χ0n) is 18.8. The molecule has 30 heavy (non-hydrogen) atoms. The summed E-state index contributed by atoms with van der Waals surface area (Å²) in [5, 5.41) is 4.79. The zero-order chi connectivity index (χ0) is 21.9. The second-order valence-corrected chi connectivity index (χ2v) is 9.30. The van der Waals surface area contributed by atoms with Crippen molar-refractivity contribution < 1.29 is 9.53 Å². The first-order chi connectivity index (χ1) is 14.1. The average molecular weight is 405 g/mol. The van der Waals surface area contributed by atoms with E-state index in [0.29, 0.717) is 11.5 Å². The van der Waals surface area contributed by atoms with Crippen molar-refractivity contribution in [3.8, 4) is 0 Å². The molecule has 1 N–H and O–H groups in total. The molecule has 4 heteroatoms. The van der Waals surface area contributed by atoms with Gasteiger partial charge in [-0.05, 0) is 75.4 Å². The van der Waals surface area contributed by atoms with Crippen LogP contribution in [0.3, 0.4) is 0 Å². The highest BCUT2D eigenvalue weighted by atomic mass is 16.6. The number of carbonyl (C=O) groups excluding carboxylic acids is 1. The zero-order valence-corrected chi connectivity index (χ0v) is 18.8. The van der Waals surface area contributed by atoms with Gasteiger partial charge < -0.3 is 10.1 Å². The van der Waals surface area contributed by atoms with E-state index in [-0.39, 0.29) is 12.0 Å². The van der Waals surface area contributed by atoms with Crippen LogP contribution in [0.4, 0.5) is 5.82 Å². The highest BCUT2D eigenvalue weighted by Crippen LogP contribution is 2.29. The molecule has 0 radical (unpaired) electrons. The van der Waals surface area contributed by atoms with Gasteiger partial charge in [0.15, 0.2) is 0 Å². The molecule has 0 spiro atoms. The quantitative estimate of drug-likeness (QED) is 0.465. The summed E-state index contributed by atoms with van der Waals surface area (Å²) in [6.07, 6.45) is 0.958. The Kier molecular flexibility index (Phi) is 6.45. The number of para-hydroxylation sites is 1. The molecule has 1 heterocycles. The van der Waals surface area contributed by atoms with E-state index >= 15 is 0 Å². The number of hydrogen-bond donors (Lipinski definition) is 1. The van der Waals surface area contributed by atoms with Gasteiger partial charge in [-0.2, -0.15) is 0 Å². The molecular weight excluding hydrogens is 372 g/mol. The average Bonchev–Trinajstić information content (AvgIpc) is 2.66. The number of rotatable bonds is 6. The summed E-state index contributed by atoms with van der Waals surface area (Å²) in [5.41, 5.74) is 3.29. The molecule has 0 saturated heterocycles. The summed E-state index contributed by atoms with van der Waals surface area (Å²) in [5.74, 6) is 1.11. The number of carbonyl (C=O) groups is 1. The van der Waals surface area contributed by atoms with Crippen LogP contribution < -0.4 is 5.32 Å². The number of hydrogen-bond acceptors (Lipinski definition) is 4. The Labute approximate surface area is 179 Å². The van der Waals surface area contributed by atoms with Crippen molar-refractivity contribution >= 4 is 22.7 Å². The van der Waals surface area contributed by atoms with Gasteiger partial charge in [-0.3, -0.25) is 0 Å². The third-order valence-electron chi connectivity index (χ3n) is 4.88. The van der Waals surface area contributed by atoms with E-state index in [1.807, 2.05) is 63.2 Å². The van der Waals surface area contributed by atoms with Crippen LogP contribution >= 0.6 is 0 Å². The van der Waals surface area contributed by atoms with Crippen LogP contribution in [0.2, 0.25) is 0 Å². The molecule has 0 bridgehead atoms. The summed E-state index contributed by atoms with van der Waals surface area (Å²) in [7, 11) is 0. The molecule has 1 atom stereocenters. The fourth-order valence-corrected chi connectivity index (χ4v) is 3.47. The maximum Gasteiger partial charge on any atom is 0.338 e. The number of aryl methyl sites for hydroxylation is 1. The number of nitrogens with one attached hydrogen (secondary N) is 1. The standard InChI is InChI=1S/C26H32N2O2/c1-17(2)15-23(19-11-13-20(14-12-19)25(29)30-26(4,5)6)28-24-18(3)16-21-9-7-8-10-22(21)27-24/h7-14,16-17,23H,15H2,1-6H3,(H,27,28). The van der Waals surface area contributed by atoms with Gasteiger partial charge in [0.2, 0.25) is 0 Å². The Morgan fingerprint density at radius 1 is 1.07 bits per heavy atom. The lowest BCUT2D eigenvalue weighted by Crippen LogP contribution is -2.24. The van der Waals surface area contributed by atoms with Gasteiger partial charge >= 0.3 is 5.97 Å². The maximum absolute atomic E-state index is 12.3. The van der Waals surface area contributed by atoms with Crippen LogP contribution in [0, 0.1) is 12.8 Å². The van der Waals surface area contributed by atoms with Crippen molar-refractivity contribution in [2.24, 2.45) is 5.92 Å². The second kappa shape index (κ2) is 8.86. The molecule has 3 rings (SSSR count). The number of benzene rings is 2. The van der Waals surface area contributed by atoms with Crippen molar-refractivity contribution in [1.82, 2.24) is 4.98 Å². The van der Waals surface area contributed by atoms with E-state index in [9.17, 15) is 4.79 Å². The number of ether oxygens (including phenoxy) is 1. The molecule has 1 aromatic heterocycles. The Balaban J connectivity index is 1.86. The molecule has 158 valence electrons. The molecule has 1 unspecified atom stereocenters. The van der Waals surface area contributed by atoms with Crippen LogP contribution in [0.1, 0.15) is 68.6 Å². The highest BCUT2D eigenvalue weighted by Gasteiger charge is 2.19. The fourth-order valence-electron chi connectivity index (χ4n) is 3.47. The molecule has 4 nitrogen and oxygen atoms in total. The molecule has 3 aromatic rings. The van der Waals surface area contributed by atoms with Gasteiger partial charge in [-0.1, -0.05) is 44.2 Å². The minimum absolute atomic E-state index is 0.102. The first-order valence-corrected chi connectivity index (χ1v) is 10.6. The summed E-state index contributed by atoms with van der Waals surface area (Å²) in [4.78, 5) is 17.2. The largest absolute Gasteiger partial charge is 0.456 e. The topological polar surface area (TPSA) is 51.2 Å². The molecule has 0 aliphatic carbocycles. The third kappa shape index (κ3) is 5.59. The van der Waals surface area contributed by atoms with Crippen LogP contribution in [0.15, 0.2) is 54.6 Å². The summed E-state index contributed by atoms with van der Waals surface area (Å²) < 4.78 is 5.48. The molecule has 0 saturated carbocycles. The first kappa shape index (κ1) is 21.8. The summed E-state index contributed by atoms with van der Waals surface area (Å²) in [6, 6.07) is 18.1. The van der Waals surface area contributed by atoms with Crippen molar-refractivity contribution in [3.63, 3.8) is 0 Å². The number of nitrogens with zero attached hydrogens (tertiary/aromatic N) is 1. The van der Waals surface area contributed by atoms with Crippen LogP contribution in [-0.2, 0) is 4.74 Å². The van der Waals surface area contributed by atoms with Crippen LogP contribution in [-0.4, -0.2) is 16.6 Å². The van der Waals surface area contributed by atoms with E-state index in [1.165, 1.54) is 0 Å². The lowest BCUT2D eigenvalue weighted by molar-refractivity contribution is 0.00695. The van der Waals surface area contributed by atoms with E-state index in [2.05, 4.69) is 38.2 Å².